The van der Waals surface area contributed by atoms with Crippen molar-refractivity contribution in [3.05, 3.63) is 53.5 Å². The molecule has 2 aromatic rings. The highest BCUT2D eigenvalue weighted by atomic mass is 16.4. The van der Waals surface area contributed by atoms with E-state index in [1.54, 1.807) is 6.26 Å². The summed E-state index contributed by atoms with van der Waals surface area (Å²) in [5.41, 5.74) is 4.10. The molecule has 1 unspecified atom stereocenters. The number of hydrogen-bond acceptors (Lipinski definition) is 4. The molecule has 0 amide bonds. The van der Waals surface area contributed by atoms with Gasteiger partial charge in [0.25, 0.3) is 0 Å². The normalized spacial score (nSPS) is 17.4. The Hall–Kier alpha value is -1.78. The Kier molecular flexibility index (Phi) is 5.03. The summed E-state index contributed by atoms with van der Waals surface area (Å²) in [7, 11) is 0. The van der Waals surface area contributed by atoms with E-state index in [4.69, 9.17) is 4.42 Å². The van der Waals surface area contributed by atoms with Crippen LogP contribution in [0.15, 0.2) is 41.0 Å². The van der Waals surface area contributed by atoms with E-state index >= 15 is 0 Å². The summed E-state index contributed by atoms with van der Waals surface area (Å²) in [4.78, 5) is 4.90. The lowest BCUT2D eigenvalue weighted by molar-refractivity contribution is 0.118. The van der Waals surface area contributed by atoms with E-state index in [1.807, 2.05) is 12.1 Å². The highest BCUT2D eigenvalue weighted by Gasteiger charge is 2.20. The zero-order valence-electron chi connectivity index (χ0n) is 14.0. The van der Waals surface area contributed by atoms with Crippen molar-refractivity contribution >= 4 is 5.69 Å². The van der Waals surface area contributed by atoms with Gasteiger partial charge in [-0.25, -0.2) is 0 Å². The van der Waals surface area contributed by atoms with Gasteiger partial charge in [0, 0.05) is 38.4 Å². The maximum atomic E-state index is 10.1. The Morgan fingerprint density at radius 2 is 1.87 bits per heavy atom. The van der Waals surface area contributed by atoms with Crippen LogP contribution in [-0.4, -0.2) is 42.7 Å². The van der Waals surface area contributed by atoms with E-state index in [0.717, 1.165) is 39.1 Å². The number of rotatable bonds is 5. The molecule has 1 aromatic carbocycles. The smallest absolute Gasteiger partial charge is 0.132 e. The Morgan fingerprint density at radius 1 is 1.09 bits per heavy atom. The molecule has 3 rings (SSSR count). The van der Waals surface area contributed by atoms with Crippen LogP contribution in [0.2, 0.25) is 0 Å². The van der Waals surface area contributed by atoms with Gasteiger partial charge in [0.2, 0.25) is 0 Å². The van der Waals surface area contributed by atoms with Crippen molar-refractivity contribution in [3.8, 4) is 0 Å². The van der Waals surface area contributed by atoms with Gasteiger partial charge in [0.1, 0.15) is 11.9 Å². The lowest BCUT2D eigenvalue weighted by Crippen LogP contribution is -2.47. The fourth-order valence-corrected chi connectivity index (χ4v) is 3.22. The van der Waals surface area contributed by atoms with Gasteiger partial charge >= 0.3 is 0 Å². The average Bonchev–Trinajstić information content (AvgIpc) is 3.10. The van der Waals surface area contributed by atoms with Gasteiger partial charge in [-0.05, 0) is 49.6 Å². The van der Waals surface area contributed by atoms with Gasteiger partial charge in [-0.2, -0.15) is 0 Å². The Morgan fingerprint density at radius 3 is 2.57 bits per heavy atom. The summed E-state index contributed by atoms with van der Waals surface area (Å²) in [6.45, 7) is 9.45. The highest BCUT2D eigenvalue weighted by molar-refractivity contribution is 5.56. The average molecular weight is 314 g/mol. The number of hydrogen-bond donors (Lipinski definition) is 1. The maximum absolute atomic E-state index is 10.1. The summed E-state index contributed by atoms with van der Waals surface area (Å²) in [5, 5.41) is 10.1. The van der Waals surface area contributed by atoms with Crippen molar-refractivity contribution in [1.29, 1.82) is 0 Å². The van der Waals surface area contributed by atoms with E-state index in [1.165, 1.54) is 16.8 Å². The molecule has 1 N–H and O–H groups in total. The van der Waals surface area contributed by atoms with Crippen LogP contribution < -0.4 is 4.90 Å². The molecule has 1 aliphatic heterocycles. The molecule has 124 valence electrons. The lowest BCUT2D eigenvalue weighted by atomic mass is 10.1. The summed E-state index contributed by atoms with van der Waals surface area (Å²) >= 11 is 0. The minimum Gasteiger partial charge on any atom is -0.467 e. The van der Waals surface area contributed by atoms with Gasteiger partial charge < -0.3 is 14.4 Å². The fourth-order valence-electron chi connectivity index (χ4n) is 3.22. The molecule has 0 saturated carbocycles. The predicted molar refractivity (Wildman–Crippen MR) is 92.9 cm³/mol. The van der Waals surface area contributed by atoms with Crippen LogP contribution in [-0.2, 0) is 0 Å². The molecule has 0 bridgehead atoms. The first-order chi connectivity index (χ1) is 11.1. The van der Waals surface area contributed by atoms with Crippen LogP contribution in [0.1, 0.15) is 29.4 Å². The minimum absolute atomic E-state index is 0.498. The molecule has 1 aliphatic rings. The summed E-state index contributed by atoms with van der Waals surface area (Å²) in [5.74, 6) is 0.666. The molecule has 4 heteroatoms. The quantitative estimate of drug-likeness (QED) is 0.920. The first-order valence-corrected chi connectivity index (χ1v) is 8.40. The molecule has 1 atom stereocenters. The van der Waals surface area contributed by atoms with Gasteiger partial charge in [0.15, 0.2) is 0 Å². The van der Waals surface area contributed by atoms with Gasteiger partial charge in [-0.15, -0.1) is 0 Å². The standard InChI is InChI=1S/C19H26N2O2/c1-15-5-3-6-17(16(15)2)21-12-10-20(11-13-21)9-8-18(22)19-7-4-14-23-19/h3-7,14,18,22H,8-13H2,1-2H3. The zero-order chi connectivity index (χ0) is 16.2. The Balaban J connectivity index is 1.50. The molecule has 1 fully saturated rings. The van der Waals surface area contributed by atoms with Crippen LogP contribution in [0, 0.1) is 13.8 Å². The van der Waals surface area contributed by atoms with Gasteiger partial charge in [-0.1, -0.05) is 12.1 Å². The van der Waals surface area contributed by atoms with Crippen molar-refractivity contribution in [3.63, 3.8) is 0 Å². The number of anilines is 1. The second kappa shape index (κ2) is 7.20. The third-order valence-corrected chi connectivity index (χ3v) is 4.88. The number of aliphatic hydroxyl groups excluding tert-OH is 1. The van der Waals surface area contributed by atoms with Crippen LogP contribution in [0.3, 0.4) is 0 Å². The maximum Gasteiger partial charge on any atom is 0.132 e. The third kappa shape index (κ3) is 3.77. The predicted octanol–water partition coefficient (Wildman–Crippen LogP) is 3.14. The number of piperazine rings is 1. The van der Waals surface area contributed by atoms with E-state index < -0.39 is 6.10 Å². The summed E-state index contributed by atoms with van der Waals surface area (Å²) < 4.78 is 5.26. The van der Waals surface area contributed by atoms with Crippen molar-refractivity contribution < 1.29 is 9.52 Å². The van der Waals surface area contributed by atoms with E-state index in [2.05, 4.69) is 41.8 Å². The Bertz CT molecular complexity index is 616. The van der Waals surface area contributed by atoms with Gasteiger partial charge in [-0.3, -0.25) is 4.90 Å². The SMILES string of the molecule is Cc1cccc(N2CCN(CCC(O)c3ccco3)CC2)c1C. The second-order valence-corrected chi connectivity index (χ2v) is 6.37. The van der Waals surface area contributed by atoms with E-state index in [-0.39, 0.29) is 0 Å². The number of furan rings is 1. The fraction of sp³-hybridized carbons (Fsp3) is 0.474. The van der Waals surface area contributed by atoms with Gasteiger partial charge in [0.05, 0.1) is 6.26 Å². The minimum atomic E-state index is -0.498. The number of aryl methyl sites for hydroxylation is 1. The number of nitrogens with zero attached hydrogens (tertiary/aromatic N) is 2. The molecule has 1 saturated heterocycles. The third-order valence-electron chi connectivity index (χ3n) is 4.88. The van der Waals surface area contributed by atoms with Crippen molar-refractivity contribution in [1.82, 2.24) is 4.90 Å². The molecular formula is C19H26N2O2. The van der Waals surface area contributed by atoms with Crippen molar-refractivity contribution in [2.75, 3.05) is 37.6 Å². The van der Waals surface area contributed by atoms with Crippen molar-refractivity contribution in [2.45, 2.75) is 26.4 Å². The molecule has 0 aliphatic carbocycles. The van der Waals surface area contributed by atoms with Crippen LogP contribution in [0.4, 0.5) is 5.69 Å². The molecule has 23 heavy (non-hydrogen) atoms. The zero-order valence-corrected chi connectivity index (χ0v) is 14.0. The molecule has 0 radical (unpaired) electrons. The van der Waals surface area contributed by atoms with Crippen LogP contribution in [0.25, 0.3) is 0 Å². The molecule has 4 nitrogen and oxygen atoms in total. The second-order valence-electron chi connectivity index (χ2n) is 6.37. The molecule has 0 spiro atoms. The van der Waals surface area contributed by atoms with Crippen molar-refractivity contribution in [2.24, 2.45) is 0 Å². The largest absolute Gasteiger partial charge is 0.467 e. The molecular weight excluding hydrogens is 288 g/mol. The topological polar surface area (TPSA) is 39.9 Å². The molecule has 2 heterocycles. The summed E-state index contributed by atoms with van der Waals surface area (Å²) in [6, 6.07) is 10.2. The number of benzene rings is 1. The van der Waals surface area contributed by atoms with E-state index in [9.17, 15) is 5.11 Å². The van der Waals surface area contributed by atoms with Crippen LogP contribution >= 0.6 is 0 Å². The lowest BCUT2D eigenvalue weighted by Gasteiger charge is -2.37. The first-order valence-electron chi connectivity index (χ1n) is 8.40. The first kappa shape index (κ1) is 16.1. The Labute approximate surface area is 138 Å². The summed E-state index contributed by atoms with van der Waals surface area (Å²) in [6.07, 6.45) is 1.83. The number of aliphatic hydroxyl groups is 1. The van der Waals surface area contributed by atoms with Crippen LogP contribution in [0.5, 0.6) is 0 Å². The van der Waals surface area contributed by atoms with E-state index in [0.29, 0.717) is 5.76 Å². The molecule has 1 aromatic heterocycles. The monoisotopic (exact) mass is 314 g/mol. The highest BCUT2D eigenvalue weighted by Crippen LogP contribution is 2.24.